The molecule has 1 aromatic heterocycles. The van der Waals surface area contributed by atoms with Crippen molar-refractivity contribution in [3.05, 3.63) is 12.7 Å². The Balaban J connectivity index is 1.87. The van der Waals surface area contributed by atoms with Crippen LogP contribution in [0.1, 0.15) is 26.2 Å². The van der Waals surface area contributed by atoms with E-state index in [0.717, 1.165) is 19.4 Å². The van der Waals surface area contributed by atoms with E-state index < -0.39 is 0 Å². The van der Waals surface area contributed by atoms with Gasteiger partial charge < -0.3 is 4.90 Å². The molecule has 7 nitrogen and oxygen atoms in total. The van der Waals surface area contributed by atoms with E-state index in [1.165, 1.54) is 17.3 Å². The highest BCUT2D eigenvalue weighted by Gasteiger charge is 2.33. The van der Waals surface area contributed by atoms with Gasteiger partial charge in [0.2, 0.25) is 11.8 Å². The molecule has 1 atom stereocenters. The summed E-state index contributed by atoms with van der Waals surface area (Å²) in [6.07, 6.45) is 5.12. The Kier molecular flexibility index (Phi) is 3.91. The van der Waals surface area contributed by atoms with E-state index in [2.05, 4.69) is 22.5 Å². The average molecular weight is 251 g/mol. The maximum absolute atomic E-state index is 11.9. The average Bonchev–Trinajstić information content (AvgIpc) is 2.96. The van der Waals surface area contributed by atoms with Gasteiger partial charge in [0, 0.05) is 19.5 Å². The number of hydrogen-bond acceptors (Lipinski definition) is 4. The molecule has 0 aliphatic carbocycles. The molecule has 0 radical (unpaired) electrons. The second kappa shape index (κ2) is 5.61. The monoisotopic (exact) mass is 251 g/mol. The van der Waals surface area contributed by atoms with Gasteiger partial charge in [0.1, 0.15) is 12.7 Å². The number of likely N-dealkylation sites (tertiary alicyclic amines) is 1. The van der Waals surface area contributed by atoms with Crippen LogP contribution in [0.2, 0.25) is 0 Å². The highest BCUT2D eigenvalue weighted by Crippen LogP contribution is 2.18. The van der Waals surface area contributed by atoms with Crippen molar-refractivity contribution >= 4 is 11.8 Å². The molecule has 1 saturated heterocycles. The smallest absolute Gasteiger partial charge is 0.244 e. The van der Waals surface area contributed by atoms with Crippen LogP contribution in [0, 0.1) is 5.92 Å². The standard InChI is InChI=1S/C11H17N5O2/c1-2-3-4-15-6-9(5-10(15)17)11(18)14-16-7-12-13-8-16/h7-9H,2-6H2,1H3,(H,14,18)/t9-/m0/s1. The molecule has 7 heteroatoms. The fraction of sp³-hybridized carbons (Fsp3) is 0.636. The van der Waals surface area contributed by atoms with Crippen LogP contribution >= 0.6 is 0 Å². The van der Waals surface area contributed by atoms with E-state index in [1.807, 2.05) is 0 Å². The molecule has 2 rings (SSSR count). The van der Waals surface area contributed by atoms with Crippen molar-refractivity contribution in [3.8, 4) is 0 Å². The lowest BCUT2D eigenvalue weighted by Gasteiger charge is -2.15. The third-order valence-corrected chi connectivity index (χ3v) is 3.02. The summed E-state index contributed by atoms with van der Waals surface area (Å²) in [6.45, 7) is 3.33. The number of nitrogens with zero attached hydrogens (tertiary/aromatic N) is 4. The first-order chi connectivity index (χ1) is 8.70. The quantitative estimate of drug-likeness (QED) is 0.798. The molecule has 0 bridgehead atoms. The van der Waals surface area contributed by atoms with Crippen molar-refractivity contribution in [1.29, 1.82) is 0 Å². The summed E-state index contributed by atoms with van der Waals surface area (Å²) in [4.78, 5) is 25.4. The predicted octanol–water partition coefficient (Wildman–Crippen LogP) is -0.00320. The molecule has 0 spiro atoms. The minimum atomic E-state index is -0.281. The molecule has 0 saturated carbocycles. The molecule has 1 aromatic rings. The Labute approximate surface area is 105 Å². The number of aromatic nitrogens is 3. The summed E-state index contributed by atoms with van der Waals surface area (Å²) in [5.74, 6) is -0.383. The second-order valence-corrected chi connectivity index (χ2v) is 4.44. The number of nitrogens with one attached hydrogen (secondary N) is 1. The van der Waals surface area contributed by atoms with Crippen LogP contribution in [0.25, 0.3) is 0 Å². The van der Waals surface area contributed by atoms with Crippen molar-refractivity contribution in [2.75, 3.05) is 18.5 Å². The van der Waals surface area contributed by atoms with Gasteiger partial charge in [0.25, 0.3) is 0 Å². The third kappa shape index (κ3) is 2.85. The molecule has 1 aliphatic rings. The van der Waals surface area contributed by atoms with Gasteiger partial charge in [-0.05, 0) is 6.42 Å². The van der Waals surface area contributed by atoms with E-state index in [0.29, 0.717) is 6.54 Å². The summed E-state index contributed by atoms with van der Waals surface area (Å²) in [5, 5.41) is 7.19. The van der Waals surface area contributed by atoms with E-state index in [1.54, 1.807) is 4.90 Å². The van der Waals surface area contributed by atoms with Crippen LogP contribution in [0.15, 0.2) is 12.7 Å². The molecular formula is C11H17N5O2. The summed E-state index contributed by atoms with van der Waals surface area (Å²) in [5.41, 5.74) is 2.63. The summed E-state index contributed by atoms with van der Waals surface area (Å²) < 4.78 is 1.39. The molecule has 18 heavy (non-hydrogen) atoms. The van der Waals surface area contributed by atoms with Gasteiger partial charge in [0.15, 0.2) is 0 Å². The summed E-state index contributed by atoms with van der Waals surface area (Å²) in [6, 6.07) is 0. The number of unbranched alkanes of at least 4 members (excludes halogenated alkanes) is 1. The van der Waals surface area contributed by atoms with Crippen LogP contribution in [-0.2, 0) is 9.59 Å². The van der Waals surface area contributed by atoms with Crippen LogP contribution in [0.4, 0.5) is 0 Å². The number of amides is 2. The van der Waals surface area contributed by atoms with Crippen molar-refractivity contribution in [1.82, 2.24) is 19.8 Å². The SMILES string of the molecule is CCCCN1C[C@@H](C(=O)Nn2cnnc2)CC1=O. The molecule has 2 heterocycles. The lowest BCUT2D eigenvalue weighted by Crippen LogP contribution is -2.31. The Morgan fingerprint density at radius 1 is 1.50 bits per heavy atom. The maximum atomic E-state index is 11.9. The molecular weight excluding hydrogens is 234 g/mol. The normalized spacial score (nSPS) is 19.3. The van der Waals surface area contributed by atoms with E-state index in [-0.39, 0.29) is 24.2 Å². The number of hydrogen-bond donors (Lipinski definition) is 1. The van der Waals surface area contributed by atoms with Gasteiger partial charge in [-0.1, -0.05) is 13.3 Å². The Hall–Kier alpha value is -1.92. The molecule has 1 fully saturated rings. The zero-order valence-corrected chi connectivity index (χ0v) is 10.4. The van der Waals surface area contributed by atoms with Crippen LogP contribution in [0.3, 0.4) is 0 Å². The zero-order chi connectivity index (χ0) is 13.0. The third-order valence-electron chi connectivity index (χ3n) is 3.02. The largest absolute Gasteiger partial charge is 0.342 e. The van der Waals surface area contributed by atoms with Gasteiger partial charge in [0.05, 0.1) is 5.92 Å². The van der Waals surface area contributed by atoms with Crippen molar-refractivity contribution in [2.45, 2.75) is 26.2 Å². The Bertz CT molecular complexity index is 417. The summed E-state index contributed by atoms with van der Waals surface area (Å²) in [7, 11) is 0. The maximum Gasteiger partial charge on any atom is 0.244 e. The van der Waals surface area contributed by atoms with Crippen molar-refractivity contribution in [3.63, 3.8) is 0 Å². The van der Waals surface area contributed by atoms with Gasteiger partial charge >= 0.3 is 0 Å². The van der Waals surface area contributed by atoms with Gasteiger partial charge in [-0.2, -0.15) is 0 Å². The minimum absolute atomic E-state index is 0.0624. The molecule has 98 valence electrons. The van der Waals surface area contributed by atoms with Gasteiger partial charge in [-0.25, -0.2) is 4.68 Å². The van der Waals surface area contributed by atoms with E-state index in [4.69, 9.17) is 0 Å². The molecule has 0 aromatic carbocycles. The Morgan fingerprint density at radius 2 is 2.22 bits per heavy atom. The fourth-order valence-corrected chi connectivity index (χ4v) is 1.99. The molecule has 2 amide bonds. The molecule has 0 unspecified atom stereocenters. The lowest BCUT2D eigenvalue weighted by molar-refractivity contribution is -0.128. The predicted molar refractivity (Wildman–Crippen MR) is 64.0 cm³/mol. The fourth-order valence-electron chi connectivity index (χ4n) is 1.99. The van der Waals surface area contributed by atoms with Gasteiger partial charge in [-0.3, -0.25) is 15.0 Å². The molecule has 1 N–H and O–H groups in total. The molecule has 1 aliphatic heterocycles. The number of carbonyl (C=O) groups excluding carboxylic acids is 2. The van der Waals surface area contributed by atoms with Gasteiger partial charge in [-0.15, -0.1) is 10.2 Å². The van der Waals surface area contributed by atoms with Crippen LogP contribution in [0.5, 0.6) is 0 Å². The number of rotatable bonds is 5. The highest BCUT2D eigenvalue weighted by molar-refractivity contribution is 5.93. The minimum Gasteiger partial charge on any atom is -0.342 e. The van der Waals surface area contributed by atoms with Crippen LogP contribution < -0.4 is 5.43 Å². The van der Waals surface area contributed by atoms with E-state index in [9.17, 15) is 9.59 Å². The van der Waals surface area contributed by atoms with Crippen LogP contribution in [-0.4, -0.2) is 44.7 Å². The van der Waals surface area contributed by atoms with Crippen molar-refractivity contribution < 1.29 is 9.59 Å². The first-order valence-electron chi connectivity index (χ1n) is 6.14. The Morgan fingerprint density at radius 3 is 2.89 bits per heavy atom. The topological polar surface area (TPSA) is 80.1 Å². The zero-order valence-electron chi connectivity index (χ0n) is 10.4. The highest BCUT2D eigenvalue weighted by atomic mass is 16.2. The van der Waals surface area contributed by atoms with Crippen molar-refractivity contribution in [2.24, 2.45) is 5.92 Å². The lowest BCUT2D eigenvalue weighted by atomic mass is 10.1. The second-order valence-electron chi connectivity index (χ2n) is 4.44. The first-order valence-corrected chi connectivity index (χ1v) is 6.14. The van der Waals surface area contributed by atoms with E-state index >= 15 is 0 Å². The first kappa shape index (κ1) is 12.5. The number of carbonyl (C=O) groups is 2. The summed E-state index contributed by atoms with van der Waals surface area (Å²) >= 11 is 0.